The number of nitrogens with one attached hydrogen (secondary N) is 1. The van der Waals surface area contributed by atoms with Crippen molar-refractivity contribution < 1.29 is 0 Å². The van der Waals surface area contributed by atoms with E-state index in [1.165, 1.54) is 56.7 Å². The average molecular weight is 287 g/mol. The van der Waals surface area contributed by atoms with Gasteiger partial charge in [-0.25, -0.2) is 0 Å². The van der Waals surface area contributed by atoms with Crippen LogP contribution >= 0.6 is 0 Å². The van der Waals surface area contributed by atoms with Gasteiger partial charge < -0.3 is 15.1 Å². The SMILES string of the molecule is Cc1cccc(NCCN2CCC3C(CCCN3C)C2)c1. The molecule has 2 heterocycles. The summed E-state index contributed by atoms with van der Waals surface area (Å²) in [4.78, 5) is 5.25. The molecule has 2 atom stereocenters. The molecular formula is C18H29N3. The molecule has 2 aliphatic heterocycles. The number of nitrogens with zero attached hydrogens (tertiary/aromatic N) is 2. The van der Waals surface area contributed by atoms with E-state index >= 15 is 0 Å². The molecule has 3 heteroatoms. The summed E-state index contributed by atoms with van der Waals surface area (Å²) in [5.74, 6) is 0.900. The average Bonchev–Trinajstić information content (AvgIpc) is 2.47. The minimum atomic E-state index is 0.847. The van der Waals surface area contributed by atoms with Crippen LogP contribution in [-0.4, -0.2) is 55.6 Å². The van der Waals surface area contributed by atoms with Crippen LogP contribution in [0.5, 0.6) is 0 Å². The monoisotopic (exact) mass is 287 g/mol. The van der Waals surface area contributed by atoms with Crippen molar-refractivity contribution in [1.29, 1.82) is 0 Å². The number of fused-ring (bicyclic) bond motifs is 1. The number of anilines is 1. The number of benzene rings is 1. The van der Waals surface area contributed by atoms with Gasteiger partial charge in [0.25, 0.3) is 0 Å². The minimum Gasteiger partial charge on any atom is -0.384 e. The largest absolute Gasteiger partial charge is 0.384 e. The third kappa shape index (κ3) is 3.78. The normalized spacial score (nSPS) is 27.3. The lowest BCUT2D eigenvalue weighted by Crippen LogP contribution is -2.53. The Kier molecular flexibility index (Phi) is 4.81. The van der Waals surface area contributed by atoms with Gasteiger partial charge in [-0.05, 0) is 69.9 Å². The van der Waals surface area contributed by atoms with E-state index in [0.29, 0.717) is 0 Å². The Morgan fingerprint density at radius 1 is 1.24 bits per heavy atom. The maximum atomic E-state index is 3.56. The van der Waals surface area contributed by atoms with Gasteiger partial charge in [0.1, 0.15) is 0 Å². The van der Waals surface area contributed by atoms with E-state index in [2.05, 4.69) is 53.4 Å². The molecular weight excluding hydrogens is 258 g/mol. The highest BCUT2D eigenvalue weighted by molar-refractivity contribution is 5.45. The molecule has 116 valence electrons. The Labute approximate surface area is 129 Å². The van der Waals surface area contributed by atoms with Crippen LogP contribution in [0.15, 0.2) is 24.3 Å². The summed E-state index contributed by atoms with van der Waals surface area (Å²) >= 11 is 0. The molecule has 0 spiro atoms. The van der Waals surface area contributed by atoms with Gasteiger partial charge in [0.2, 0.25) is 0 Å². The number of likely N-dealkylation sites (tertiary alicyclic amines) is 2. The molecule has 2 aliphatic rings. The van der Waals surface area contributed by atoms with Crippen molar-refractivity contribution in [2.75, 3.05) is 45.1 Å². The first-order valence-electron chi connectivity index (χ1n) is 8.45. The number of hydrogen-bond acceptors (Lipinski definition) is 3. The molecule has 2 fully saturated rings. The van der Waals surface area contributed by atoms with Crippen molar-refractivity contribution >= 4 is 5.69 Å². The third-order valence-electron chi connectivity index (χ3n) is 5.21. The van der Waals surface area contributed by atoms with Gasteiger partial charge in [0.15, 0.2) is 0 Å². The highest BCUT2D eigenvalue weighted by Gasteiger charge is 2.33. The van der Waals surface area contributed by atoms with E-state index < -0.39 is 0 Å². The summed E-state index contributed by atoms with van der Waals surface area (Å²) in [5, 5.41) is 3.56. The molecule has 2 unspecified atom stereocenters. The summed E-state index contributed by atoms with van der Waals surface area (Å²) in [6.45, 7) is 8.23. The van der Waals surface area contributed by atoms with Crippen molar-refractivity contribution in [3.8, 4) is 0 Å². The first kappa shape index (κ1) is 14.9. The molecule has 2 saturated heterocycles. The highest BCUT2D eigenvalue weighted by atomic mass is 15.2. The van der Waals surface area contributed by atoms with Gasteiger partial charge in [-0.2, -0.15) is 0 Å². The molecule has 0 amide bonds. The fraction of sp³-hybridized carbons (Fsp3) is 0.667. The second-order valence-corrected chi connectivity index (χ2v) is 6.84. The van der Waals surface area contributed by atoms with Gasteiger partial charge in [-0.3, -0.25) is 0 Å². The summed E-state index contributed by atoms with van der Waals surface area (Å²) in [6, 6.07) is 9.51. The van der Waals surface area contributed by atoms with Crippen LogP contribution in [0, 0.1) is 12.8 Å². The summed E-state index contributed by atoms with van der Waals surface area (Å²) in [7, 11) is 2.31. The first-order chi connectivity index (χ1) is 10.2. The van der Waals surface area contributed by atoms with Gasteiger partial charge in [0, 0.05) is 31.4 Å². The van der Waals surface area contributed by atoms with Crippen LogP contribution in [-0.2, 0) is 0 Å². The molecule has 3 rings (SSSR count). The Balaban J connectivity index is 1.44. The van der Waals surface area contributed by atoms with Crippen LogP contribution in [0.1, 0.15) is 24.8 Å². The van der Waals surface area contributed by atoms with E-state index in [-0.39, 0.29) is 0 Å². The van der Waals surface area contributed by atoms with E-state index in [1.54, 1.807) is 0 Å². The Hall–Kier alpha value is -1.06. The summed E-state index contributed by atoms with van der Waals surface area (Å²) in [6.07, 6.45) is 4.16. The summed E-state index contributed by atoms with van der Waals surface area (Å²) < 4.78 is 0. The van der Waals surface area contributed by atoms with Crippen LogP contribution in [0.2, 0.25) is 0 Å². The van der Waals surface area contributed by atoms with Crippen LogP contribution < -0.4 is 5.32 Å². The lowest BCUT2D eigenvalue weighted by atomic mass is 9.84. The van der Waals surface area contributed by atoms with E-state index in [4.69, 9.17) is 0 Å². The molecule has 0 aliphatic carbocycles. The van der Waals surface area contributed by atoms with Gasteiger partial charge in [-0.15, -0.1) is 0 Å². The molecule has 21 heavy (non-hydrogen) atoms. The Bertz CT molecular complexity index is 460. The fourth-order valence-corrected chi connectivity index (χ4v) is 4.04. The highest BCUT2D eigenvalue weighted by Crippen LogP contribution is 2.29. The molecule has 3 nitrogen and oxygen atoms in total. The molecule has 0 aromatic heterocycles. The molecule has 1 N–H and O–H groups in total. The lowest BCUT2D eigenvalue weighted by molar-refractivity contribution is 0.0403. The predicted molar refractivity (Wildman–Crippen MR) is 89.9 cm³/mol. The second kappa shape index (κ2) is 6.80. The number of piperidine rings is 2. The predicted octanol–water partition coefficient (Wildman–Crippen LogP) is 2.82. The number of hydrogen-bond donors (Lipinski definition) is 1. The molecule has 0 bridgehead atoms. The third-order valence-corrected chi connectivity index (χ3v) is 5.21. The number of aryl methyl sites for hydroxylation is 1. The van der Waals surface area contributed by atoms with Gasteiger partial charge in [0.05, 0.1) is 0 Å². The zero-order valence-electron chi connectivity index (χ0n) is 13.5. The smallest absolute Gasteiger partial charge is 0.0343 e. The Morgan fingerprint density at radius 3 is 3.00 bits per heavy atom. The van der Waals surface area contributed by atoms with Gasteiger partial charge >= 0.3 is 0 Å². The second-order valence-electron chi connectivity index (χ2n) is 6.84. The minimum absolute atomic E-state index is 0.847. The maximum absolute atomic E-state index is 3.56. The van der Waals surface area contributed by atoms with Crippen molar-refractivity contribution in [3.63, 3.8) is 0 Å². The van der Waals surface area contributed by atoms with Crippen LogP contribution in [0.25, 0.3) is 0 Å². The molecule has 0 saturated carbocycles. The topological polar surface area (TPSA) is 18.5 Å². The van der Waals surface area contributed by atoms with Crippen molar-refractivity contribution in [2.24, 2.45) is 5.92 Å². The van der Waals surface area contributed by atoms with Crippen molar-refractivity contribution in [1.82, 2.24) is 9.80 Å². The quantitative estimate of drug-likeness (QED) is 0.918. The van der Waals surface area contributed by atoms with Crippen molar-refractivity contribution in [2.45, 2.75) is 32.2 Å². The van der Waals surface area contributed by atoms with Crippen molar-refractivity contribution in [3.05, 3.63) is 29.8 Å². The lowest BCUT2D eigenvalue weighted by Gasteiger charge is -2.46. The van der Waals surface area contributed by atoms with E-state index in [9.17, 15) is 0 Å². The molecule has 0 radical (unpaired) electrons. The fourth-order valence-electron chi connectivity index (χ4n) is 4.04. The van der Waals surface area contributed by atoms with E-state index in [0.717, 1.165) is 18.5 Å². The number of rotatable bonds is 4. The zero-order valence-corrected chi connectivity index (χ0v) is 13.5. The van der Waals surface area contributed by atoms with E-state index in [1.807, 2.05) is 0 Å². The molecule has 1 aromatic carbocycles. The summed E-state index contributed by atoms with van der Waals surface area (Å²) in [5.41, 5.74) is 2.58. The standard InChI is InChI=1S/C18H29N3/c1-15-5-3-7-17(13-15)19-9-12-21-11-8-18-16(14-21)6-4-10-20(18)2/h3,5,7,13,16,18-19H,4,6,8-12,14H2,1-2H3. The van der Waals surface area contributed by atoms with Crippen LogP contribution in [0.3, 0.4) is 0 Å². The Morgan fingerprint density at radius 2 is 2.14 bits per heavy atom. The zero-order chi connectivity index (χ0) is 14.7. The molecule has 1 aromatic rings. The van der Waals surface area contributed by atoms with Gasteiger partial charge in [-0.1, -0.05) is 12.1 Å². The first-order valence-corrected chi connectivity index (χ1v) is 8.45. The van der Waals surface area contributed by atoms with Crippen LogP contribution in [0.4, 0.5) is 5.69 Å². The maximum Gasteiger partial charge on any atom is 0.0343 e.